The van der Waals surface area contributed by atoms with Gasteiger partial charge in [0.15, 0.2) is 0 Å². The number of para-hydroxylation sites is 1. The average molecular weight is 297 g/mol. The number of anilines is 1. The highest BCUT2D eigenvalue weighted by atomic mass is 32.2. The molecule has 1 fully saturated rings. The van der Waals surface area contributed by atoms with Gasteiger partial charge in [-0.15, -0.1) is 0 Å². The molecule has 0 aromatic heterocycles. The van der Waals surface area contributed by atoms with Crippen LogP contribution < -0.4 is 11.1 Å². The van der Waals surface area contributed by atoms with Gasteiger partial charge >= 0.3 is 0 Å². The molecule has 2 rings (SSSR count). The Hall–Kier alpha value is -1.60. The van der Waals surface area contributed by atoms with Crippen LogP contribution in [-0.4, -0.2) is 38.3 Å². The number of amides is 1. The van der Waals surface area contributed by atoms with Crippen LogP contribution in [0.15, 0.2) is 24.3 Å². The second kappa shape index (κ2) is 5.80. The molecule has 6 nitrogen and oxygen atoms in total. The van der Waals surface area contributed by atoms with Crippen molar-refractivity contribution in [1.82, 2.24) is 9.62 Å². The summed E-state index contributed by atoms with van der Waals surface area (Å²) in [5.74, 6) is -0.466. The third-order valence-electron chi connectivity index (χ3n) is 3.18. The maximum Gasteiger partial charge on any atom is 0.235 e. The maximum atomic E-state index is 12.2. The lowest BCUT2D eigenvalue weighted by Crippen LogP contribution is -2.39. The minimum Gasteiger partial charge on any atom is -0.398 e. The molecule has 1 amide bonds. The summed E-state index contributed by atoms with van der Waals surface area (Å²) in [5.41, 5.74) is 6.72. The summed E-state index contributed by atoms with van der Waals surface area (Å²) < 4.78 is 25.4. The molecule has 0 unspecified atom stereocenters. The van der Waals surface area contributed by atoms with Gasteiger partial charge in [-0.25, -0.2) is 8.42 Å². The molecule has 0 heterocycles. The molecule has 0 radical (unpaired) electrons. The fourth-order valence-electron chi connectivity index (χ4n) is 1.77. The minimum atomic E-state index is -3.55. The summed E-state index contributed by atoms with van der Waals surface area (Å²) in [5, 5.41) is 2.76. The lowest BCUT2D eigenvalue weighted by Gasteiger charge is -2.17. The topological polar surface area (TPSA) is 92.5 Å². The van der Waals surface area contributed by atoms with Gasteiger partial charge < -0.3 is 11.1 Å². The first kappa shape index (κ1) is 14.8. The van der Waals surface area contributed by atoms with Gasteiger partial charge in [-0.3, -0.25) is 4.79 Å². The van der Waals surface area contributed by atoms with Crippen LogP contribution in [0.4, 0.5) is 5.69 Å². The Morgan fingerprint density at radius 2 is 2.05 bits per heavy atom. The normalized spacial score (nSPS) is 15.3. The van der Waals surface area contributed by atoms with Crippen molar-refractivity contribution in [3.8, 4) is 0 Å². The summed E-state index contributed by atoms with van der Waals surface area (Å²) in [6, 6.07) is 7.04. The quantitative estimate of drug-likeness (QED) is 0.739. The summed E-state index contributed by atoms with van der Waals surface area (Å²) in [6.07, 6.45) is 1.95. The number of sulfonamides is 1. The van der Waals surface area contributed by atoms with E-state index in [2.05, 4.69) is 5.32 Å². The van der Waals surface area contributed by atoms with E-state index in [9.17, 15) is 13.2 Å². The molecule has 0 aliphatic heterocycles. The average Bonchev–Trinajstić information content (AvgIpc) is 3.15. The Balaban J connectivity index is 1.98. The summed E-state index contributed by atoms with van der Waals surface area (Å²) in [4.78, 5) is 11.6. The zero-order valence-electron chi connectivity index (χ0n) is 11.4. The summed E-state index contributed by atoms with van der Waals surface area (Å²) in [6.45, 7) is -0.161. The molecule has 1 saturated carbocycles. The number of nitrogens with one attached hydrogen (secondary N) is 1. The van der Waals surface area contributed by atoms with Crippen molar-refractivity contribution in [3.05, 3.63) is 29.8 Å². The van der Waals surface area contributed by atoms with Gasteiger partial charge in [0.05, 0.1) is 12.3 Å². The monoisotopic (exact) mass is 297 g/mol. The number of hydrogen-bond donors (Lipinski definition) is 2. The molecular weight excluding hydrogens is 278 g/mol. The summed E-state index contributed by atoms with van der Waals surface area (Å²) >= 11 is 0. The highest BCUT2D eigenvalue weighted by Crippen LogP contribution is 2.19. The first-order valence-corrected chi connectivity index (χ1v) is 8.06. The number of nitrogens with two attached hydrogens (primary N) is 1. The van der Waals surface area contributed by atoms with E-state index in [-0.39, 0.29) is 24.2 Å². The lowest BCUT2D eigenvalue weighted by atomic mass is 10.2. The number of carbonyl (C=O) groups excluding carboxylic acids is 1. The standard InChI is InChI=1S/C13H19N3O3S/c1-16(8-13(17)15-11-6-7-11)20(18,19)9-10-4-2-3-5-12(10)14/h2-5,11H,6-9,14H2,1H3,(H,15,17). The van der Waals surface area contributed by atoms with Crippen molar-refractivity contribution in [2.75, 3.05) is 19.3 Å². The van der Waals surface area contributed by atoms with Crippen molar-refractivity contribution < 1.29 is 13.2 Å². The molecule has 110 valence electrons. The number of likely N-dealkylation sites (N-methyl/N-ethyl adjacent to an activating group) is 1. The predicted molar refractivity (Wildman–Crippen MR) is 77.3 cm³/mol. The third-order valence-corrected chi connectivity index (χ3v) is 4.93. The highest BCUT2D eigenvalue weighted by Gasteiger charge is 2.26. The Labute approximate surface area is 119 Å². The van der Waals surface area contributed by atoms with Gasteiger partial charge in [0, 0.05) is 18.8 Å². The maximum absolute atomic E-state index is 12.2. The van der Waals surface area contributed by atoms with Gasteiger partial charge in [-0.05, 0) is 24.5 Å². The van der Waals surface area contributed by atoms with Crippen LogP contribution in [-0.2, 0) is 20.6 Å². The summed E-state index contributed by atoms with van der Waals surface area (Å²) in [7, 11) is -2.15. The Kier molecular flexibility index (Phi) is 4.29. The molecule has 0 atom stereocenters. The number of benzene rings is 1. The fraction of sp³-hybridized carbons (Fsp3) is 0.462. The zero-order chi connectivity index (χ0) is 14.8. The largest absolute Gasteiger partial charge is 0.398 e. The smallest absolute Gasteiger partial charge is 0.235 e. The van der Waals surface area contributed by atoms with E-state index >= 15 is 0 Å². The van der Waals surface area contributed by atoms with Gasteiger partial charge in [-0.1, -0.05) is 18.2 Å². The third kappa shape index (κ3) is 3.94. The van der Waals surface area contributed by atoms with Gasteiger partial charge in [0.25, 0.3) is 0 Å². The molecular formula is C13H19N3O3S. The Morgan fingerprint density at radius 1 is 1.40 bits per heavy atom. The van der Waals surface area contributed by atoms with Crippen molar-refractivity contribution in [1.29, 1.82) is 0 Å². The van der Waals surface area contributed by atoms with Crippen LogP contribution in [0, 0.1) is 0 Å². The molecule has 3 N–H and O–H groups in total. The van der Waals surface area contributed by atoms with Crippen LogP contribution in [0.2, 0.25) is 0 Å². The number of carbonyl (C=O) groups is 1. The minimum absolute atomic E-state index is 0.161. The number of rotatable bonds is 6. The van der Waals surface area contributed by atoms with Gasteiger partial charge in [-0.2, -0.15) is 4.31 Å². The van der Waals surface area contributed by atoms with E-state index in [0.29, 0.717) is 11.3 Å². The lowest BCUT2D eigenvalue weighted by molar-refractivity contribution is -0.121. The van der Waals surface area contributed by atoms with Crippen molar-refractivity contribution in [2.24, 2.45) is 0 Å². The molecule has 1 aliphatic rings. The number of nitrogen functional groups attached to an aromatic ring is 1. The second-order valence-electron chi connectivity index (χ2n) is 5.05. The van der Waals surface area contributed by atoms with E-state index in [1.54, 1.807) is 24.3 Å². The Bertz CT molecular complexity index is 597. The first-order valence-electron chi connectivity index (χ1n) is 6.45. The van der Waals surface area contributed by atoms with Crippen LogP contribution >= 0.6 is 0 Å². The van der Waals surface area contributed by atoms with E-state index in [1.807, 2.05) is 0 Å². The van der Waals surface area contributed by atoms with E-state index in [4.69, 9.17) is 5.73 Å². The Morgan fingerprint density at radius 3 is 2.65 bits per heavy atom. The van der Waals surface area contributed by atoms with Crippen molar-refractivity contribution in [3.63, 3.8) is 0 Å². The zero-order valence-corrected chi connectivity index (χ0v) is 12.2. The molecule has 1 aromatic carbocycles. The van der Waals surface area contributed by atoms with Crippen molar-refractivity contribution >= 4 is 21.6 Å². The molecule has 1 aromatic rings. The predicted octanol–water partition coefficient (Wildman–Crippen LogP) is 0.309. The molecule has 0 spiro atoms. The highest BCUT2D eigenvalue weighted by molar-refractivity contribution is 7.88. The van der Waals surface area contributed by atoms with Crippen LogP contribution in [0.25, 0.3) is 0 Å². The number of nitrogens with zero attached hydrogens (tertiary/aromatic N) is 1. The molecule has 0 saturated heterocycles. The fourth-order valence-corrected chi connectivity index (χ4v) is 2.96. The van der Waals surface area contributed by atoms with Crippen LogP contribution in [0.3, 0.4) is 0 Å². The number of hydrogen-bond acceptors (Lipinski definition) is 4. The van der Waals surface area contributed by atoms with E-state index in [0.717, 1.165) is 17.1 Å². The van der Waals surface area contributed by atoms with Crippen LogP contribution in [0.1, 0.15) is 18.4 Å². The molecule has 7 heteroatoms. The first-order chi connectivity index (χ1) is 9.38. The molecule has 20 heavy (non-hydrogen) atoms. The van der Waals surface area contributed by atoms with Gasteiger partial charge in [0.1, 0.15) is 0 Å². The SMILES string of the molecule is CN(CC(=O)NC1CC1)S(=O)(=O)Cc1ccccc1N. The van der Waals surface area contributed by atoms with E-state index < -0.39 is 10.0 Å². The molecule has 0 bridgehead atoms. The second-order valence-corrected chi connectivity index (χ2v) is 7.13. The van der Waals surface area contributed by atoms with Gasteiger partial charge in [0.2, 0.25) is 15.9 Å². The van der Waals surface area contributed by atoms with E-state index in [1.165, 1.54) is 7.05 Å². The van der Waals surface area contributed by atoms with Crippen LogP contribution in [0.5, 0.6) is 0 Å². The molecule has 1 aliphatic carbocycles. The van der Waals surface area contributed by atoms with Crippen molar-refractivity contribution in [2.45, 2.75) is 24.6 Å².